The van der Waals surface area contributed by atoms with Gasteiger partial charge in [0.1, 0.15) is 0 Å². The Balaban J connectivity index is 1.67. The van der Waals surface area contributed by atoms with Crippen LogP contribution in [0.2, 0.25) is 0 Å². The molecule has 0 aliphatic rings. The highest BCUT2D eigenvalue weighted by Crippen LogP contribution is 2.24. The number of H-pyrrole nitrogens is 1. The SMILES string of the molecule is CSc1ccccc1NC(=O)CN(C)C(C)C(=O)c1c[nH]c2ccccc12. The summed E-state index contributed by atoms with van der Waals surface area (Å²) in [5.74, 6) is -0.148. The van der Waals surface area contributed by atoms with Crippen molar-refractivity contribution in [3.05, 3.63) is 60.3 Å². The van der Waals surface area contributed by atoms with Gasteiger partial charge in [0.15, 0.2) is 5.78 Å². The van der Waals surface area contributed by atoms with Crippen molar-refractivity contribution in [2.75, 3.05) is 25.2 Å². The minimum absolute atomic E-state index is 0.00716. The summed E-state index contributed by atoms with van der Waals surface area (Å²) >= 11 is 1.58. The molecule has 140 valence electrons. The highest BCUT2D eigenvalue weighted by molar-refractivity contribution is 7.98. The number of rotatable bonds is 7. The van der Waals surface area contributed by atoms with E-state index in [1.165, 1.54) is 0 Å². The number of amides is 1. The number of nitrogens with zero attached hydrogens (tertiary/aromatic N) is 1. The van der Waals surface area contributed by atoms with Gasteiger partial charge in [-0.15, -0.1) is 11.8 Å². The van der Waals surface area contributed by atoms with Crippen LogP contribution in [0.1, 0.15) is 17.3 Å². The number of carbonyl (C=O) groups is 2. The number of para-hydroxylation sites is 2. The topological polar surface area (TPSA) is 65.2 Å². The van der Waals surface area contributed by atoms with Gasteiger partial charge in [0.05, 0.1) is 18.3 Å². The molecule has 1 amide bonds. The lowest BCUT2D eigenvalue weighted by Crippen LogP contribution is -2.40. The highest BCUT2D eigenvalue weighted by atomic mass is 32.2. The average molecular weight is 382 g/mol. The van der Waals surface area contributed by atoms with Gasteiger partial charge >= 0.3 is 0 Å². The Labute approximate surface area is 163 Å². The molecular formula is C21H23N3O2S. The van der Waals surface area contributed by atoms with E-state index >= 15 is 0 Å². The molecular weight excluding hydrogens is 358 g/mol. The van der Waals surface area contributed by atoms with E-state index in [-0.39, 0.29) is 18.2 Å². The van der Waals surface area contributed by atoms with Crippen LogP contribution >= 0.6 is 11.8 Å². The van der Waals surface area contributed by atoms with E-state index in [1.54, 1.807) is 29.9 Å². The van der Waals surface area contributed by atoms with E-state index in [1.807, 2.05) is 61.7 Å². The normalized spacial score (nSPS) is 12.3. The second-order valence-electron chi connectivity index (χ2n) is 6.45. The monoisotopic (exact) mass is 381 g/mol. The van der Waals surface area contributed by atoms with Gasteiger partial charge in [-0.3, -0.25) is 14.5 Å². The zero-order chi connectivity index (χ0) is 19.4. The van der Waals surface area contributed by atoms with Crippen LogP contribution in [0.5, 0.6) is 0 Å². The van der Waals surface area contributed by atoms with E-state index in [2.05, 4.69) is 10.3 Å². The van der Waals surface area contributed by atoms with Gasteiger partial charge in [0.2, 0.25) is 5.91 Å². The Bertz CT molecular complexity index is 967. The summed E-state index contributed by atoms with van der Waals surface area (Å²) in [5.41, 5.74) is 2.37. The third-order valence-electron chi connectivity index (χ3n) is 4.67. The van der Waals surface area contributed by atoms with Gasteiger partial charge in [-0.25, -0.2) is 0 Å². The summed E-state index contributed by atoms with van der Waals surface area (Å²) in [7, 11) is 1.79. The third-order valence-corrected chi connectivity index (χ3v) is 5.47. The lowest BCUT2D eigenvalue weighted by atomic mass is 10.0. The maximum absolute atomic E-state index is 12.9. The Morgan fingerprint density at radius 3 is 2.63 bits per heavy atom. The van der Waals surface area contributed by atoms with Crippen LogP contribution in [-0.2, 0) is 4.79 Å². The molecule has 3 rings (SSSR count). The van der Waals surface area contributed by atoms with E-state index in [4.69, 9.17) is 0 Å². The number of Topliss-reactive ketones (excluding diaryl/α,β-unsaturated/α-hetero) is 1. The quantitative estimate of drug-likeness (QED) is 0.479. The molecule has 0 radical (unpaired) electrons. The predicted molar refractivity (Wildman–Crippen MR) is 112 cm³/mol. The van der Waals surface area contributed by atoms with Crippen molar-refractivity contribution in [2.24, 2.45) is 0 Å². The summed E-state index contributed by atoms with van der Waals surface area (Å²) < 4.78 is 0. The smallest absolute Gasteiger partial charge is 0.238 e. The number of anilines is 1. The number of nitrogens with one attached hydrogen (secondary N) is 2. The Morgan fingerprint density at radius 2 is 1.85 bits per heavy atom. The van der Waals surface area contributed by atoms with Crippen LogP contribution in [0.25, 0.3) is 10.9 Å². The molecule has 2 N–H and O–H groups in total. The molecule has 0 saturated heterocycles. The van der Waals surface area contributed by atoms with Crippen LogP contribution < -0.4 is 5.32 Å². The summed E-state index contributed by atoms with van der Waals surface area (Å²) in [5, 5.41) is 3.84. The van der Waals surface area contributed by atoms with Crippen LogP contribution in [0, 0.1) is 0 Å². The Morgan fingerprint density at radius 1 is 1.15 bits per heavy atom. The molecule has 1 unspecified atom stereocenters. The van der Waals surface area contributed by atoms with Gasteiger partial charge in [0, 0.05) is 27.6 Å². The maximum atomic E-state index is 12.9. The molecule has 1 heterocycles. The zero-order valence-corrected chi connectivity index (χ0v) is 16.5. The van der Waals surface area contributed by atoms with Crippen molar-refractivity contribution in [3.63, 3.8) is 0 Å². The number of aromatic nitrogens is 1. The van der Waals surface area contributed by atoms with E-state index in [9.17, 15) is 9.59 Å². The molecule has 0 aliphatic carbocycles. The average Bonchev–Trinajstić information content (AvgIpc) is 3.11. The molecule has 1 atom stereocenters. The van der Waals surface area contributed by atoms with Crippen molar-refractivity contribution in [1.82, 2.24) is 9.88 Å². The number of hydrogen-bond donors (Lipinski definition) is 2. The predicted octanol–water partition coefficient (Wildman–Crippen LogP) is 4.03. The number of carbonyl (C=O) groups excluding carboxylic acids is 2. The van der Waals surface area contributed by atoms with Crippen LogP contribution in [0.15, 0.2) is 59.6 Å². The Kier molecular flexibility index (Phi) is 5.98. The third kappa shape index (κ3) is 4.23. The second-order valence-corrected chi connectivity index (χ2v) is 7.30. The van der Waals surface area contributed by atoms with E-state index in [0.29, 0.717) is 5.56 Å². The maximum Gasteiger partial charge on any atom is 0.238 e. The number of likely N-dealkylation sites (N-methyl/N-ethyl adjacent to an activating group) is 1. The number of fused-ring (bicyclic) bond motifs is 1. The summed E-state index contributed by atoms with van der Waals surface area (Å²) in [6.07, 6.45) is 3.71. The number of hydrogen-bond acceptors (Lipinski definition) is 4. The van der Waals surface area contributed by atoms with Gasteiger partial charge < -0.3 is 10.3 Å². The first-order chi connectivity index (χ1) is 13.0. The zero-order valence-electron chi connectivity index (χ0n) is 15.7. The molecule has 0 aliphatic heterocycles. The molecule has 6 heteroatoms. The van der Waals surface area contributed by atoms with Crippen LogP contribution in [0.4, 0.5) is 5.69 Å². The van der Waals surface area contributed by atoms with Gasteiger partial charge in [0.25, 0.3) is 0 Å². The summed E-state index contributed by atoms with van der Waals surface area (Å²) in [4.78, 5) is 31.2. The summed E-state index contributed by atoms with van der Waals surface area (Å²) in [6, 6.07) is 15.0. The molecule has 5 nitrogen and oxygen atoms in total. The van der Waals surface area contributed by atoms with Crippen molar-refractivity contribution in [2.45, 2.75) is 17.9 Å². The van der Waals surface area contributed by atoms with Gasteiger partial charge in [-0.2, -0.15) is 0 Å². The minimum atomic E-state index is -0.411. The van der Waals surface area contributed by atoms with Crippen LogP contribution in [0.3, 0.4) is 0 Å². The van der Waals surface area contributed by atoms with Crippen molar-refractivity contribution >= 4 is 40.0 Å². The highest BCUT2D eigenvalue weighted by Gasteiger charge is 2.23. The van der Waals surface area contributed by atoms with Gasteiger partial charge in [-0.1, -0.05) is 30.3 Å². The van der Waals surface area contributed by atoms with Crippen molar-refractivity contribution in [3.8, 4) is 0 Å². The molecule has 3 aromatic rings. The van der Waals surface area contributed by atoms with Crippen molar-refractivity contribution < 1.29 is 9.59 Å². The second kappa shape index (κ2) is 8.41. The first-order valence-electron chi connectivity index (χ1n) is 8.74. The minimum Gasteiger partial charge on any atom is -0.360 e. The number of ketones is 1. The lowest BCUT2D eigenvalue weighted by Gasteiger charge is -2.23. The standard InChI is InChI=1S/C21H23N3O2S/c1-14(21(26)16-12-22-17-9-5-4-8-15(16)17)24(2)13-20(25)23-18-10-6-7-11-19(18)27-3/h4-12,14,22H,13H2,1-3H3,(H,23,25). The molecule has 1 aromatic heterocycles. The molecule has 0 spiro atoms. The number of benzene rings is 2. The van der Waals surface area contributed by atoms with Gasteiger partial charge in [-0.05, 0) is 38.4 Å². The molecule has 0 fully saturated rings. The fraction of sp³-hybridized carbons (Fsp3) is 0.238. The first-order valence-corrected chi connectivity index (χ1v) is 9.97. The number of thioether (sulfide) groups is 1. The Hall–Kier alpha value is -2.57. The fourth-order valence-corrected chi connectivity index (χ4v) is 3.56. The lowest BCUT2D eigenvalue weighted by molar-refractivity contribution is -0.117. The fourth-order valence-electron chi connectivity index (χ4n) is 3.00. The molecule has 0 saturated carbocycles. The molecule has 2 aromatic carbocycles. The molecule has 27 heavy (non-hydrogen) atoms. The van der Waals surface area contributed by atoms with E-state index in [0.717, 1.165) is 21.5 Å². The molecule has 0 bridgehead atoms. The first kappa shape index (κ1) is 19.2. The summed E-state index contributed by atoms with van der Waals surface area (Å²) in [6.45, 7) is 1.96. The largest absolute Gasteiger partial charge is 0.360 e. The van der Waals surface area contributed by atoms with Crippen LogP contribution in [-0.4, -0.2) is 47.5 Å². The van der Waals surface area contributed by atoms with Crippen molar-refractivity contribution in [1.29, 1.82) is 0 Å². The number of aromatic amines is 1. The van der Waals surface area contributed by atoms with E-state index < -0.39 is 6.04 Å².